The molecule has 0 radical (unpaired) electrons. The predicted octanol–water partition coefficient (Wildman–Crippen LogP) is 4.80. The molecule has 0 spiro atoms. The highest BCUT2D eigenvalue weighted by Crippen LogP contribution is 2.29. The minimum Gasteiger partial charge on any atom is -0.508 e. The summed E-state index contributed by atoms with van der Waals surface area (Å²) in [6.45, 7) is 1.49. The lowest BCUT2D eigenvalue weighted by Gasteiger charge is -2.26. The Morgan fingerprint density at radius 1 is 1.11 bits per heavy atom. The molecule has 0 atom stereocenters. The van der Waals surface area contributed by atoms with Crippen LogP contribution in [0.3, 0.4) is 0 Å². The molecule has 0 aliphatic carbocycles. The second-order valence-corrected chi connectivity index (χ2v) is 9.28. The van der Waals surface area contributed by atoms with E-state index >= 15 is 0 Å². The number of urea groups is 1. The Balaban J connectivity index is 1.57. The molecule has 0 bridgehead atoms. The van der Waals surface area contributed by atoms with Gasteiger partial charge in [-0.2, -0.15) is 0 Å². The standard InChI is InChI=1S/C26H19BrClN3O6/c1-14-2-4-17(12-21(14)28)29-23(33)13-37-22-9-3-16(27)10-15(22)11-20-24(34)30-26(36)31(25(20)35)18-5-7-19(32)8-6-18/h2-12,32H,13H2,1H3,(H,29,33)(H,30,34,36)/b20-11-. The van der Waals surface area contributed by atoms with Crippen LogP contribution in [0.2, 0.25) is 5.02 Å². The summed E-state index contributed by atoms with van der Waals surface area (Å²) in [4.78, 5) is 51.3. The predicted molar refractivity (Wildman–Crippen MR) is 142 cm³/mol. The quantitative estimate of drug-likeness (QED) is 0.282. The molecule has 5 amide bonds. The fourth-order valence-corrected chi connectivity index (χ4v) is 3.98. The van der Waals surface area contributed by atoms with E-state index < -0.39 is 23.8 Å². The van der Waals surface area contributed by atoms with Crippen molar-refractivity contribution in [3.63, 3.8) is 0 Å². The number of aromatic hydroxyl groups is 1. The van der Waals surface area contributed by atoms with Gasteiger partial charge in [-0.15, -0.1) is 0 Å². The molecular weight excluding hydrogens is 566 g/mol. The van der Waals surface area contributed by atoms with Crippen LogP contribution in [0.1, 0.15) is 11.1 Å². The van der Waals surface area contributed by atoms with E-state index in [0.29, 0.717) is 20.7 Å². The zero-order valence-corrected chi connectivity index (χ0v) is 21.6. The Labute approximate surface area is 224 Å². The van der Waals surface area contributed by atoms with Gasteiger partial charge in [0.1, 0.15) is 17.1 Å². The number of halogens is 2. The number of imide groups is 2. The lowest BCUT2D eigenvalue weighted by atomic mass is 10.1. The number of benzene rings is 3. The number of barbiturate groups is 1. The summed E-state index contributed by atoms with van der Waals surface area (Å²) in [6.07, 6.45) is 1.27. The summed E-state index contributed by atoms with van der Waals surface area (Å²) in [5.74, 6) is -2.02. The summed E-state index contributed by atoms with van der Waals surface area (Å²) in [6, 6.07) is 14.4. The van der Waals surface area contributed by atoms with Gasteiger partial charge in [0.2, 0.25) is 0 Å². The van der Waals surface area contributed by atoms with Crippen molar-refractivity contribution >= 4 is 68.7 Å². The van der Waals surface area contributed by atoms with Crippen molar-refractivity contribution in [2.75, 3.05) is 16.8 Å². The van der Waals surface area contributed by atoms with Crippen LogP contribution >= 0.6 is 27.5 Å². The van der Waals surface area contributed by atoms with Crippen molar-refractivity contribution in [2.24, 2.45) is 0 Å². The van der Waals surface area contributed by atoms with Gasteiger partial charge in [-0.25, -0.2) is 9.69 Å². The number of phenolic OH excluding ortho intramolecular Hbond substituents is 1. The third kappa shape index (κ3) is 5.99. The van der Waals surface area contributed by atoms with Gasteiger partial charge in [-0.3, -0.25) is 19.7 Å². The maximum atomic E-state index is 13.1. The van der Waals surface area contributed by atoms with E-state index in [1.165, 1.54) is 30.3 Å². The van der Waals surface area contributed by atoms with Crippen molar-refractivity contribution in [1.29, 1.82) is 0 Å². The summed E-state index contributed by atoms with van der Waals surface area (Å²) < 4.78 is 6.30. The molecule has 11 heteroatoms. The summed E-state index contributed by atoms with van der Waals surface area (Å²) in [5.41, 5.74) is 1.53. The molecule has 0 unspecified atom stereocenters. The van der Waals surface area contributed by atoms with Crippen molar-refractivity contribution in [3.05, 3.63) is 86.9 Å². The number of aryl methyl sites for hydroxylation is 1. The Morgan fingerprint density at radius 2 is 1.84 bits per heavy atom. The molecule has 3 aromatic rings. The molecule has 1 heterocycles. The molecule has 1 aliphatic heterocycles. The number of carbonyl (C=O) groups is 4. The van der Waals surface area contributed by atoms with Gasteiger partial charge in [-0.05, 0) is 73.2 Å². The number of amides is 5. The number of ether oxygens (including phenoxy) is 1. The minimum atomic E-state index is -0.920. The van der Waals surface area contributed by atoms with E-state index in [9.17, 15) is 24.3 Å². The van der Waals surface area contributed by atoms with Crippen LogP contribution in [-0.2, 0) is 14.4 Å². The maximum absolute atomic E-state index is 13.1. The highest BCUT2D eigenvalue weighted by atomic mass is 79.9. The molecule has 0 saturated carbocycles. The molecule has 0 aromatic heterocycles. The van der Waals surface area contributed by atoms with Gasteiger partial charge in [0.15, 0.2) is 6.61 Å². The number of phenols is 1. The third-order valence-electron chi connectivity index (χ3n) is 5.30. The fourth-order valence-electron chi connectivity index (χ4n) is 3.42. The lowest BCUT2D eigenvalue weighted by molar-refractivity contribution is -0.122. The smallest absolute Gasteiger partial charge is 0.335 e. The SMILES string of the molecule is Cc1ccc(NC(=O)COc2ccc(Br)cc2/C=C2/C(=O)NC(=O)N(c3ccc(O)cc3)C2=O)cc1Cl. The minimum absolute atomic E-state index is 0.0501. The third-order valence-corrected chi connectivity index (χ3v) is 6.20. The number of hydrogen-bond donors (Lipinski definition) is 3. The largest absolute Gasteiger partial charge is 0.508 e. The molecule has 188 valence electrons. The van der Waals surface area contributed by atoms with Gasteiger partial charge in [-0.1, -0.05) is 33.6 Å². The van der Waals surface area contributed by atoms with Crippen LogP contribution in [0.15, 0.2) is 70.7 Å². The zero-order chi connectivity index (χ0) is 26.7. The van der Waals surface area contributed by atoms with Crippen molar-refractivity contribution in [1.82, 2.24) is 5.32 Å². The van der Waals surface area contributed by atoms with Crippen molar-refractivity contribution in [3.8, 4) is 11.5 Å². The van der Waals surface area contributed by atoms with E-state index in [0.717, 1.165) is 10.5 Å². The number of rotatable bonds is 6. The number of nitrogens with one attached hydrogen (secondary N) is 2. The van der Waals surface area contributed by atoms with Crippen LogP contribution in [0, 0.1) is 6.92 Å². The Hall–Kier alpha value is -4.15. The van der Waals surface area contributed by atoms with E-state index in [1.807, 2.05) is 6.92 Å². The molecule has 3 aromatic carbocycles. The topological polar surface area (TPSA) is 125 Å². The van der Waals surface area contributed by atoms with Crippen LogP contribution in [-0.4, -0.2) is 35.5 Å². The summed E-state index contributed by atoms with van der Waals surface area (Å²) >= 11 is 9.44. The van der Waals surface area contributed by atoms with E-state index in [1.54, 1.807) is 36.4 Å². The second-order valence-electron chi connectivity index (χ2n) is 7.96. The van der Waals surface area contributed by atoms with Gasteiger partial charge in [0, 0.05) is 20.7 Å². The Morgan fingerprint density at radius 3 is 2.54 bits per heavy atom. The number of nitrogens with zero attached hydrogens (tertiary/aromatic N) is 1. The number of carbonyl (C=O) groups excluding carboxylic acids is 4. The summed E-state index contributed by atoms with van der Waals surface area (Å²) in [5, 5.41) is 14.8. The maximum Gasteiger partial charge on any atom is 0.335 e. The monoisotopic (exact) mass is 583 g/mol. The molecule has 1 fully saturated rings. The zero-order valence-electron chi connectivity index (χ0n) is 19.2. The van der Waals surface area contributed by atoms with Gasteiger partial charge in [0.05, 0.1) is 5.69 Å². The Bertz CT molecular complexity index is 1460. The average molecular weight is 585 g/mol. The van der Waals surface area contributed by atoms with Crippen LogP contribution in [0.25, 0.3) is 6.08 Å². The van der Waals surface area contributed by atoms with Crippen LogP contribution < -0.4 is 20.3 Å². The molecule has 3 N–H and O–H groups in total. The van der Waals surface area contributed by atoms with Crippen molar-refractivity contribution < 1.29 is 29.0 Å². The fraction of sp³-hybridized carbons (Fsp3) is 0.0769. The van der Waals surface area contributed by atoms with E-state index in [4.69, 9.17) is 16.3 Å². The van der Waals surface area contributed by atoms with Gasteiger partial charge < -0.3 is 15.2 Å². The summed E-state index contributed by atoms with van der Waals surface area (Å²) in [7, 11) is 0. The van der Waals surface area contributed by atoms with Crippen LogP contribution in [0.4, 0.5) is 16.2 Å². The van der Waals surface area contributed by atoms with Crippen LogP contribution in [0.5, 0.6) is 11.5 Å². The lowest BCUT2D eigenvalue weighted by Crippen LogP contribution is -2.54. The molecule has 9 nitrogen and oxygen atoms in total. The molecule has 1 saturated heterocycles. The Kier molecular flexibility index (Phi) is 7.61. The van der Waals surface area contributed by atoms with Gasteiger partial charge in [0.25, 0.3) is 17.7 Å². The van der Waals surface area contributed by atoms with Crippen molar-refractivity contribution in [2.45, 2.75) is 6.92 Å². The first-order valence-electron chi connectivity index (χ1n) is 10.8. The van der Waals surface area contributed by atoms with E-state index in [2.05, 4.69) is 26.6 Å². The number of anilines is 2. The first-order valence-corrected chi connectivity index (χ1v) is 12.0. The second kappa shape index (κ2) is 10.9. The molecule has 37 heavy (non-hydrogen) atoms. The highest BCUT2D eigenvalue weighted by molar-refractivity contribution is 9.10. The number of hydrogen-bond acceptors (Lipinski definition) is 6. The first-order chi connectivity index (χ1) is 17.6. The van der Waals surface area contributed by atoms with Gasteiger partial charge >= 0.3 is 6.03 Å². The average Bonchev–Trinajstić information content (AvgIpc) is 2.84. The molecule has 1 aliphatic rings. The molecular formula is C26H19BrClN3O6. The highest BCUT2D eigenvalue weighted by Gasteiger charge is 2.37. The first kappa shape index (κ1) is 25.9. The normalized spacial score (nSPS) is 14.5. The van der Waals surface area contributed by atoms with E-state index in [-0.39, 0.29) is 29.4 Å². The molecule has 4 rings (SSSR count).